The van der Waals surface area contributed by atoms with E-state index in [1.54, 1.807) is 0 Å². The summed E-state index contributed by atoms with van der Waals surface area (Å²) >= 11 is 0. The van der Waals surface area contributed by atoms with Gasteiger partial charge < -0.3 is 10.6 Å². The monoisotopic (exact) mass is 231 g/mol. The second kappa shape index (κ2) is 4.55. The molecule has 1 saturated heterocycles. The first kappa shape index (κ1) is 11.6. The molecule has 0 radical (unpaired) electrons. The summed E-state index contributed by atoms with van der Waals surface area (Å²) in [5, 5.41) is 0. The Balaban J connectivity index is 1.87. The minimum absolute atomic E-state index is 0.239. The van der Waals surface area contributed by atoms with Gasteiger partial charge in [0.05, 0.1) is 6.04 Å². The third-order valence-electron chi connectivity index (χ3n) is 3.41. The zero-order valence-corrected chi connectivity index (χ0v) is 9.57. The highest BCUT2D eigenvalue weighted by molar-refractivity contribution is 5.78. The first-order chi connectivity index (χ1) is 7.58. The topological polar surface area (TPSA) is 41.6 Å². The number of guanidine groups is 1. The van der Waals surface area contributed by atoms with E-state index >= 15 is 0 Å². The molecule has 2 aliphatic rings. The molecule has 2 rings (SSSR count). The lowest BCUT2D eigenvalue weighted by molar-refractivity contribution is 0.120. The fraction of sp³-hybridized carbons (Fsp3) is 0.909. The number of piperidine rings is 1. The summed E-state index contributed by atoms with van der Waals surface area (Å²) in [7, 11) is 0. The van der Waals surface area contributed by atoms with Crippen LogP contribution in [0.4, 0.5) is 8.78 Å². The number of nitrogens with two attached hydrogens (primary N) is 1. The lowest BCUT2D eigenvalue weighted by Crippen LogP contribution is -2.43. The second-order valence-electron chi connectivity index (χ2n) is 4.98. The van der Waals surface area contributed by atoms with Gasteiger partial charge in [0.25, 0.3) is 0 Å². The first-order valence-corrected chi connectivity index (χ1v) is 5.94. The summed E-state index contributed by atoms with van der Waals surface area (Å²) in [5.74, 6) is 0.521. The molecule has 0 amide bonds. The van der Waals surface area contributed by atoms with Crippen LogP contribution >= 0.6 is 0 Å². The molecule has 16 heavy (non-hydrogen) atoms. The van der Waals surface area contributed by atoms with Crippen molar-refractivity contribution in [2.75, 3.05) is 13.1 Å². The van der Waals surface area contributed by atoms with Crippen LogP contribution in [0.1, 0.15) is 26.2 Å². The highest BCUT2D eigenvalue weighted by Crippen LogP contribution is 2.39. The number of nitrogens with zero attached hydrogens (tertiary/aromatic N) is 2. The molecule has 2 fully saturated rings. The van der Waals surface area contributed by atoms with Gasteiger partial charge >= 0.3 is 0 Å². The Kier molecular flexibility index (Phi) is 3.30. The van der Waals surface area contributed by atoms with Crippen molar-refractivity contribution in [1.29, 1.82) is 0 Å². The van der Waals surface area contributed by atoms with Crippen molar-refractivity contribution in [3.63, 3.8) is 0 Å². The zero-order valence-electron chi connectivity index (χ0n) is 9.57. The van der Waals surface area contributed by atoms with E-state index in [0.717, 1.165) is 19.5 Å². The number of hydrogen-bond donors (Lipinski definition) is 1. The van der Waals surface area contributed by atoms with Crippen LogP contribution in [0.25, 0.3) is 0 Å². The van der Waals surface area contributed by atoms with E-state index < -0.39 is 12.3 Å². The van der Waals surface area contributed by atoms with Gasteiger partial charge in [-0.1, -0.05) is 6.92 Å². The molecule has 2 N–H and O–H groups in total. The summed E-state index contributed by atoms with van der Waals surface area (Å²) in [4.78, 5) is 6.21. The van der Waals surface area contributed by atoms with Crippen molar-refractivity contribution >= 4 is 5.96 Å². The SMILES string of the molecule is CC1CCCN(C(N)=N[C@H]2C[C@@H]2C(F)F)C1. The van der Waals surface area contributed by atoms with Crippen molar-refractivity contribution in [1.82, 2.24) is 4.90 Å². The molecule has 1 heterocycles. The van der Waals surface area contributed by atoms with Crippen molar-refractivity contribution in [3.8, 4) is 0 Å². The molecule has 3 nitrogen and oxygen atoms in total. The van der Waals surface area contributed by atoms with Gasteiger partial charge in [0.1, 0.15) is 0 Å². The van der Waals surface area contributed by atoms with E-state index in [2.05, 4.69) is 11.9 Å². The molecule has 92 valence electrons. The highest BCUT2D eigenvalue weighted by Gasteiger charge is 2.44. The van der Waals surface area contributed by atoms with Crippen molar-refractivity contribution < 1.29 is 8.78 Å². The van der Waals surface area contributed by atoms with Gasteiger partial charge in [-0.3, -0.25) is 0 Å². The maximum atomic E-state index is 12.3. The maximum absolute atomic E-state index is 12.3. The Morgan fingerprint density at radius 1 is 1.50 bits per heavy atom. The smallest absolute Gasteiger partial charge is 0.243 e. The summed E-state index contributed by atoms with van der Waals surface area (Å²) in [5.41, 5.74) is 5.84. The number of halogens is 2. The number of hydrogen-bond acceptors (Lipinski definition) is 1. The van der Waals surface area contributed by atoms with E-state index in [0.29, 0.717) is 18.3 Å². The molecule has 1 saturated carbocycles. The van der Waals surface area contributed by atoms with Crippen LogP contribution in [0.2, 0.25) is 0 Å². The lowest BCUT2D eigenvalue weighted by atomic mass is 10.0. The Labute approximate surface area is 94.7 Å². The summed E-state index contributed by atoms with van der Waals surface area (Å²) in [6.45, 7) is 3.99. The van der Waals surface area contributed by atoms with Crippen molar-refractivity contribution in [3.05, 3.63) is 0 Å². The molecule has 1 aliphatic carbocycles. The largest absolute Gasteiger partial charge is 0.370 e. The van der Waals surface area contributed by atoms with E-state index in [-0.39, 0.29) is 6.04 Å². The molecular formula is C11H19F2N3. The highest BCUT2D eigenvalue weighted by atomic mass is 19.3. The molecule has 0 aromatic rings. The molecular weight excluding hydrogens is 212 g/mol. The first-order valence-electron chi connectivity index (χ1n) is 5.94. The third-order valence-corrected chi connectivity index (χ3v) is 3.41. The number of alkyl halides is 2. The normalized spacial score (nSPS) is 35.6. The lowest BCUT2D eigenvalue weighted by Gasteiger charge is -2.31. The fourth-order valence-corrected chi connectivity index (χ4v) is 2.27. The molecule has 1 unspecified atom stereocenters. The van der Waals surface area contributed by atoms with Crippen LogP contribution in [-0.4, -0.2) is 36.4 Å². The molecule has 5 heteroatoms. The van der Waals surface area contributed by atoms with E-state index in [4.69, 9.17) is 5.73 Å². The van der Waals surface area contributed by atoms with Gasteiger partial charge in [0, 0.05) is 19.0 Å². The van der Waals surface area contributed by atoms with Crippen LogP contribution in [0.15, 0.2) is 4.99 Å². The van der Waals surface area contributed by atoms with E-state index in [9.17, 15) is 8.78 Å². The Morgan fingerprint density at radius 3 is 2.81 bits per heavy atom. The Bertz CT molecular complexity index is 280. The van der Waals surface area contributed by atoms with Gasteiger partial charge in [-0.15, -0.1) is 0 Å². The van der Waals surface area contributed by atoms with Crippen LogP contribution in [0, 0.1) is 11.8 Å². The molecule has 0 aromatic carbocycles. The van der Waals surface area contributed by atoms with Crippen molar-refractivity contribution in [2.45, 2.75) is 38.7 Å². The summed E-state index contributed by atoms with van der Waals surface area (Å²) < 4.78 is 24.6. The Morgan fingerprint density at radius 2 is 2.25 bits per heavy atom. The van der Waals surface area contributed by atoms with Gasteiger partial charge in [-0.25, -0.2) is 13.8 Å². The molecule has 3 atom stereocenters. The maximum Gasteiger partial charge on any atom is 0.243 e. The molecule has 0 aromatic heterocycles. The average Bonchev–Trinajstić information content (AvgIpc) is 2.97. The molecule has 1 aliphatic heterocycles. The third kappa shape index (κ3) is 2.62. The van der Waals surface area contributed by atoms with E-state index in [1.165, 1.54) is 6.42 Å². The average molecular weight is 231 g/mol. The van der Waals surface area contributed by atoms with Crippen LogP contribution in [0.5, 0.6) is 0 Å². The second-order valence-corrected chi connectivity index (χ2v) is 4.98. The van der Waals surface area contributed by atoms with Crippen LogP contribution in [0.3, 0.4) is 0 Å². The number of rotatable bonds is 2. The molecule has 0 bridgehead atoms. The number of likely N-dealkylation sites (tertiary alicyclic amines) is 1. The van der Waals surface area contributed by atoms with Gasteiger partial charge in [0.15, 0.2) is 5.96 Å². The van der Waals surface area contributed by atoms with Crippen LogP contribution in [-0.2, 0) is 0 Å². The minimum atomic E-state index is -2.25. The minimum Gasteiger partial charge on any atom is -0.370 e. The van der Waals surface area contributed by atoms with Crippen molar-refractivity contribution in [2.24, 2.45) is 22.6 Å². The number of aliphatic imine (C=N–C) groups is 1. The Hall–Kier alpha value is -0.870. The van der Waals surface area contributed by atoms with Crippen LogP contribution < -0.4 is 5.73 Å². The van der Waals surface area contributed by atoms with Gasteiger partial charge in [0.2, 0.25) is 6.43 Å². The standard InChI is InChI=1S/C11H19F2N3/c1-7-3-2-4-16(6-7)11(14)15-9-5-8(9)10(12)13/h7-10H,2-6H2,1H3,(H2,14,15)/t7?,8-,9-/m0/s1. The van der Waals surface area contributed by atoms with E-state index in [1.807, 2.05) is 4.90 Å². The predicted octanol–water partition coefficient (Wildman–Crippen LogP) is 1.69. The van der Waals surface area contributed by atoms with Gasteiger partial charge in [-0.2, -0.15) is 0 Å². The fourth-order valence-electron chi connectivity index (χ4n) is 2.27. The summed E-state index contributed by atoms with van der Waals surface area (Å²) in [6.07, 6.45) is 0.566. The zero-order chi connectivity index (χ0) is 11.7. The molecule has 0 spiro atoms. The van der Waals surface area contributed by atoms with Gasteiger partial charge in [-0.05, 0) is 25.2 Å². The quantitative estimate of drug-likeness (QED) is 0.580. The predicted molar refractivity (Wildman–Crippen MR) is 59.5 cm³/mol. The summed E-state index contributed by atoms with van der Waals surface area (Å²) in [6, 6.07) is -0.239.